The zero-order chi connectivity index (χ0) is 19.6. The highest BCUT2D eigenvalue weighted by atomic mass is 127. The highest BCUT2D eigenvalue weighted by molar-refractivity contribution is 14.0. The first-order chi connectivity index (χ1) is 13.7. The summed E-state index contributed by atoms with van der Waals surface area (Å²) in [6.45, 7) is 2.49. The molecular formula is C22H30IN5O. The molecule has 1 aliphatic heterocycles. The third kappa shape index (κ3) is 7.64. The summed E-state index contributed by atoms with van der Waals surface area (Å²) in [6.07, 6.45) is 4.99. The Morgan fingerprint density at radius 2 is 1.83 bits per heavy atom. The van der Waals surface area contributed by atoms with Crippen molar-refractivity contribution in [3.05, 3.63) is 66.0 Å². The lowest BCUT2D eigenvalue weighted by atomic mass is 9.90. The molecule has 1 fully saturated rings. The van der Waals surface area contributed by atoms with Crippen molar-refractivity contribution in [2.45, 2.75) is 25.8 Å². The second kappa shape index (κ2) is 12.4. The van der Waals surface area contributed by atoms with Crippen LogP contribution >= 0.6 is 24.0 Å². The Hall–Kier alpha value is -2.16. The van der Waals surface area contributed by atoms with Crippen molar-refractivity contribution in [2.75, 3.05) is 26.7 Å². The van der Waals surface area contributed by atoms with Crippen LogP contribution in [0.3, 0.4) is 0 Å². The fraction of sp³-hybridized carbons (Fsp3) is 0.409. The summed E-state index contributed by atoms with van der Waals surface area (Å²) in [5.74, 6) is 1.39. The second-order valence-electron chi connectivity index (χ2n) is 7.11. The van der Waals surface area contributed by atoms with Gasteiger partial charge in [0.1, 0.15) is 0 Å². The van der Waals surface area contributed by atoms with E-state index >= 15 is 0 Å². The van der Waals surface area contributed by atoms with Crippen LogP contribution < -0.4 is 10.6 Å². The number of halogens is 1. The first kappa shape index (κ1) is 23.1. The van der Waals surface area contributed by atoms with Crippen LogP contribution in [0.5, 0.6) is 0 Å². The molecule has 6 nitrogen and oxygen atoms in total. The van der Waals surface area contributed by atoms with E-state index in [-0.39, 0.29) is 36.4 Å². The molecule has 0 radical (unpaired) electrons. The number of hydrogen-bond acceptors (Lipinski definition) is 3. The molecule has 3 rings (SSSR count). The molecule has 1 aromatic heterocycles. The zero-order valence-corrected chi connectivity index (χ0v) is 19.2. The van der Waals surface area contributed by atoms with Gasteiger partial charge in [0.2, 0.25) is 5.91 Å². The van der Waals surface area contributed by atoms with Crippen LogP contribution in [0.15, 0.2) is 59.7 Å². The number of hydrogen-bond donors (Lipinski definition) is 2. The van der Waals surface area contributed by atoms with Gasteiger partial charge in [0.15, 0.2) is 5.96 Å². The molecule has 156 valence electrons. The third-order valence-corrected chi connectivity index (χ3v) is 5.13. The predicted octanol–water partition coefficient (Wildman–Crippen LogP) is 2.85. The Labute approximate surface area is 190 Å². The number of aromatic nitrogens is 1. The summed E-state index contributed by atoms with van der Waals surface area (Å²) in [5.41, 5.74) is 2.31. The lowest BCUT2D eigenvalue weighted by Gasteiger charge is -2.32. The van der Waals surface area contributed by atoms with Gasteiger partial charge >= 0.3 is 0 Å². The molecule has 0 saturated carbocycles. The minimum absolute atomic E-state index is 0. The first-order valence-electron chi connectivity index (χ1n) is 9.90. The van der Waals surface area contributed by atoms with Crippen molar-refractivity contribution in [1.29, 1.82) is 0 Å². The molecule has 0 spiro atoms. The number of carbonyl (C=O) groups excluding carboxylic acids is 1. The van der Waals surface area contributed by atoms with Gasteiger partial charge in [0.25, 0.3) is 0 Å². The molecule has 29 heavy (non-hydrogen) atoms. The topological polar surface area (TPSA) is 69.6 Å². The normalized spacial score (nSPS) is 14.8. The molecule has 2 heterocycles. The van der Waals surface area contributed by atoms with Crippen molar-refractivity contribution < 1.29 is 4.79 Å². The van der Waals surface area contributed by atoms with Crippen molar-refractivity contribution in [3.63, 3.8) is 0 Å². The van der Waals surface area contributed by atoms with Gasteiger partial charge in [-0.1, -0.05) is 36.4 Å². The van der Waals surface area contributed by atoms with E-state index in [1.165, 1.54) is 5.56 Å². The fourth-order valence-electron chi connectivity index (χ4n) is 3.50. The van der Waals surface area contributed by atoms with Crippen LogP contribution in [-0.4, -0.2) is 48.4 Å². The quantitative estimate of drug-likeness (QED) is 0.359. The molecule has 1 aromatic carbocycles. The molecule has 2 N–H and O–H groups in total. The lowest BCUT2D eigenvalue weighted by molar-refractivity contribution is -0.131. The molecule has 1 aliphatic rings. The van der Waals surface area contributed by atoms with E-state index in [4.69, 9.17) is 0 Å². The van der Waals surface area contributed by atoms with Crippen molar-refractivity contribution >= 4 is 35.8 Å². The van der Waals surface area contributed by atoms with Crippen LogP contribution in [0.2, 0.25) is 0 Å². The van der Waals surface area contributed by atoms with Gasteiger partial charge in [-0.2, -0.15) is 0 Å². The summed E-state index contributed by atoms with van der Waals surface area (Å²) in [5, 5.41) is 6.29. The molecule has 7 heteroatoms. The van der Waals surface area contributed by atoms with Crippen molar-refractivity contribution in [3.8, 4) is 0 Å². The summed E-state index contributed by atoms with van der Waals surface area (Å²) >= 11 is 0. The van der Waals surface area contributed by atoms with Crippen LogP contribution in [0.4, 0.5) is 0 Å². The van der Waals surface area contributed by atoms with E-state index in [1.54, 1.807) is 13.2 Å². The number of amides is 1. The number of guanidine groups is 1. The maximum atomic E-state index is 12.5. The summed E-state index contributed by atoms with van der Waals surface area (Å²) in [6, 6.07) is 16.4. The first-order valence-corrected chi connectivity index (χ1v) is 9.90. The summed E-state index contributed by atoms with van der Waals surface area (Å²) < 4.78 is 0. The number of pyridine rings is 1. The van der Waals surface area contributed by atoms with Crippen LogP contribution in [0.25, 0.3) is 0 Å². The standard InChI is InChI=1S/C22H29N5O.HI/c1-23-22(25-16-20-9-5-6-12-24-20)26-17-21(28)27-13-10-19(11-14-27)15-18-7-3-2-4-8-18;/h2-9,12,19H,10-11,13-17H2,1H3,(H2,23,25,26);1H. The zero-order valence-electron chi connectivity index (χ0n) is 16.9. The minimum Gasteiger partial charge on any atom is -0.351 e. The molecule has 0 atom stereocenters. The molecule has 2 aromatic rings. The van der Waals surface area contributed by atoms with Gasteiger partial charge < -0.3 is 15.5 Å². The van der Waals surface area contributed by atoms with E-state index in [0.717, 1.165) is 38.0 Å². The van der Waals surface area contributed by atoms with E-state index in [1.807, 2.05) is 23.1 Å². The van der Waals surface area contributed by atoms with E-state index in [0.29, 0.717) is 18.4 Å². The van der Waals surface area contributed by atoms with E-state index < -0.39 is 0 Å². The lowest BCUT2D eigenvalue weighted by Crippen LogP contribution is -2.46. The molecule has 1 amide bonds. The number of benzene rings is 1. The van der Waals surface area contributed by atoms with Crippen molar-refractivity contribution in [2.24, 2.45) is 10.9 Å². The number of nitrogens with zero attached hydrogens (tertiary/aromatic N) is 3. The van der Waals surface area contributed by atoms with E-state index in [9.17, 15) is 4.79 Å². The number of aliphatic imine (C=N–C) groups is 1. The van der Waals surface area contributed by atoms with Crippen LogP contribution in [0.1, 0.15) is 24.1 Å². The number of nitrogens with one attached hydrogen (secondary N) is 2. The number of carbonyl (C=O) groups is 1. The summed E-state index contributed by atoms with van der Waals surface area (Å²) in [4.78, 5) is 22.9. The number of likely N-dealkylation sites (tertiary alicyclic amines) is 1. The number of rotatable bonds is 6. The SMILES string of the molecule is CN=C(NCC(=O)N1CCC(Cc2ccccc2)CC1)NCc1ccccn1.I. The Morgan fingerprint density at radius 1 is 1.10 bits per heavy atom. The average molecular weight is 507 g/mol. The monoisotopic (exact) mass is 507 g/mol. The summed E-state index contributed by atoms with van der Waals surface area (Å²) in [7, 11) is 1.70. The third-order valence-electron chi connectivity index (χ3n) is 5.13. The van der Waals surface area contributed by atoms with Gasteiger partial charge in [-0.3, -0.25) is 14.8 Å². The predicted molar refractivity (Wildman–Crippen MR) is 127 cm³/mol. The highest BCUT2D eigenvalue weighted by Crippen LogP contribution is 2.21. The molecular weight excluding hydrogens is 477 g/mol. The second-order valence-corrected chi connectivity index (χ2v) is 7.11. The fourth-order valence-corrected chi connectivity index (χ4v) is 3.50. The molecule has 1 saturated heterocycles. The maximum absolute atomic E-state index is 12.5. The van der Waals surface area contributed by atoms with Crippen molar-refractivity contribution in [1.82, 2.24) is 20.5 Å². The maximum Gasteiger partial charge on any atom is 0.241 e. The van der Waals surface area contributed by atoms with E-state index in [2.05, 4.69) is 50.9 Å². The minimum atomic E-state index is 0. The Morgan fingerprint density at radius 3 is 2.48 bits per heavy atom. The van der Waals surface area contributed by atoms with Gasteiger partial charge in [0, 0.05) is 26.3 Å². The highest BCUT2D eigenvalue weighted by Gasteiger charge is 2.22. The van der Waals surface area contributed by atoms with Gasteiger partial charge in [-0.15, -0.1) is 24.0 Å². The van der Waals surface area contributed by atoms with Gasteiger partial charge in [0.05, 0.1) is 18.8 Å². The Kier molecular flexibility index (Phi) is 9.90. The smallest absolute Gasteiger partial charge is 0.241 e. The largest absolute Gasteiger partial charge is 0.351 e. The Bertz CT molecular complexity index is 761. The van der Waals surface area contributed by atoms with Crippen LogP contribution in [0, 0.1) is 5.92 Å². The Balaban J connectivity index is 0.00000300. The van der Waals surface area contributed by atoms with Gasteiger partial charge in [-0.05, 0) is 42.9 Å². The molecule has 0 unspecified atom stereocenters. The molecule has 0 aliphatic carbocycles. The number of piperidine rings is 1. The van der Waals surface area contributed by atoms with Gasteiger partial charge in [-0.25, -0.2) is 0 Å². The van der Waals surface area contributed by atoms with Crippen LogP contribution in [-0.2, 0) is 17.8 Å². The molecule has 0 bridgehead atoms. The average Bonchev–Trinajstić information content (AvgIpc) is 2.75.